The summed E-state index contributed by atoms with van der Waals surface area (Å²) in [5.41, 5.74) is 2.24. The number of carbonyl (C=O) groups excluding carboxylic acids is 1. The second-order valence-electron chi connectivity index (χ2n) is 5.77. The largest absolute Gasteiger partial charge is 0.441 e. The number of oxazole rings is 1. The quantitative estimate of drug-likeness (QED) is 0.828. The highest BCUT2D eigenvalue weighted by Gasteiger charge is 2.21. The van der Waals surface area contributed by atoms with Crippen LogP contribution in [0, 0.1) is 13.8 Å². The lowest BCUT2D eigenvalue weighted by atomic mass is 10.1. The Morgan fingerprint density at radius 3 is 2.50 bits per heavy atom. The minimum Gasteiger partial charge on any atom is -0.441 e. The molecule has 0 aliphatic rings. The molecule has 0 radical (unpaired) electrons. The van der Waals surface area contributed by atoms with Crippen LogP contribution < -0.4 is 5.32 Å². The van der Waals surface area contributed by atoms with Crippen LogP contribution in [0.2, 0.25) is 0 Å². The van der Waals surface area contributed by atoms with Gasteiger partial charge in [0, 0.05) is 12.1 Å². The van der Waals surface area contributed by atoms with Gasteiger partial charge in [0.2, 0.25) is 11.8 Å². The van der Waals surface area contributed by atoms with E-state index in [9.17, 15) is 13.2 Å². The Kier molecular flexibility index (Phi) is 5.77. The highest BCUT2D eigenvalue weighted by Crippen LogP contribution is 2.23. The van der Waals surface area contributed by atoms with Crippen molar-refractivity contribution in [3.63, 3.8) is 0 Å². The number of nitrogens with one attached hydrogen (secondary N) is 1. The smallest absolute Gasteiger partial charge is 0.235 e. The summed E-state index contributed by atoms with van der Waals surface area (Å²) in [5.74, 6) is -0.514. The van der Waals surface area contributed by atoms with E-state index in [4.69, 9.17) is 4.42 Å². The highest BCUT2D eigenvalue weighted by molar-refractivity contribution is 7.91. The van der Waals surface area contributed by atoms with Crippen LogP contribution in [0.1, 0.15) is 30.4 Å². The van der Waals surface area contributed by atoms with E-state index in [0.717, 1.165) is 17.5 Å². The molecule has 0 saturated carbocycles. The highest BCUT2D eigenvalue weighted by atomic mass is 32.2. The average Bonchev–Trinajstić information content (AvgIpc) is 2.85. The van der Waals surface area contributed by atoms with E-state index in [1.807, 2.05) is 38.1 Å². The molecule has 1 amide bonds. The first-order valence-corrected chi connectivity index (χ1v) is 9.63. The van der Waals surface area contributed by atoms with Gasteiger partial charge in [-0.1, -0.05) is 24.6 Å². The normalized spacial score (nSPS) is 11.5. The van der Waals surface area contributed by atoms with Gasteiger partial charge in [0.1, 0.15) is 11.5 Å². The molecule has 24 heavy (non-hydrogen) atoms. The number of hydrogen-bond acceptors (Lipinski definition) is 5. The molecule has 0 atom stereocenters. The fourth-order valence-corrected chi connectivity index (χ4v) is 3.44. The van der Waals surface area contributed by atoms with Crippen molar-refractivity contribution in [3.05, 3.63) is 41.3 Å². The molecule has 1 aromatic carbocycles. The molecule has 0 fully saturated rings. The van der Waals surface area contributed by atoms with Crippen molar-refractivity contribution in [2.24, 2.45) is 0 Å². The standard InChI is InChI=1S/C17H22N2O4S/c1-4-9-18-16(20)11-24(21,22)10-15-13(3)23-17(19-15)14-7-5-12(2)6-8-14/h5-8H,4,9-11H2,1-3H3,(H,18,20). The van der Waals surface area contributed by atoms with Gasteiger partial charge in [0.15, 0.2) is 9.84 Å². The molecule has 6 nitrogen and oxygen atoms in total. The number of nitrogens with zero attached hydrogens (tertiary/aromatic N) is 1. The predicted octanol–water partition coefficient (Wildman–Crippen LogP) is 2.40. The molecule has 1 N–H and O–H groups in total. The molecule has 1 aromatic heterocycles. The molecule has 2 aromatic rings. The van der Waals surface area contributed by atoms with Crippen molar-refractivity contribution in [3.8, 4) is 11.5 Å². The van der Waals surface area contributed by atoms with Crippen LogP contribution in [0.25, 0.3) is 11.5 Å². The van der Waals surface area contributed by atoms with Crippen LogP contribution in [0.15, 0.2) is 28.7 Å². The number of hydrogen-bond donors (Lipinski definition) is 1. The van der Waals surface area contributed by atoms with E-state index in [1.54, 1.807) is 6.92 Å². The van der Waals surface area contributed by atoms with Gasteiger partial charge in [-0.05, 0) is 32.4 Å². The number of carbonyl (C=O) groups is 1. The minimum absolute atomic E-state index is 0.312. The fourth-order valence-electron chi connectivity index (χ4n) is 2.16. The maximum atomic E-state index is 12.2. The van der Waals surface area contributed by atoms with Gasteiger partial charge < -0.3 is 9.73 Å². The van der Waals surface area contributed by atoms with Gasteiger partial charge in [-0.25, -0.2) is 13.4 Å². The number of aromatic nitrogens is 1. The van der Waals surface area contributed by atoms with Crippen molar-refractivity contribution in [2.75, 3.05) is 12.3 Å². The summed E-state index contributed by atoms with van der Waals surface area (Å²) in [6, 6.07) is 7.61. The number of benzene rings is 1. The zero-order valence-corrected chi connectivity index (χ0v) is 14.9. The van der Waals surface area contributed by atoms with Crippen molar-refractivity contribution in [1.82, 2.24) is 10.3 Å². The van der Waals surface area contributed by atoms with Crippen molar-refractivity contribution < 1.29 is 17.6 Å². The lowest BCUT2D eigenvalue weighted by Crippen LogP contribution is -2.31. The SMILES string of the molecule is CCCNC(=O)CS(=O)(=O)Cc1nc(-c2ccc(C)cc2)oc1C. The van der Waals surface area contributed by atoms with Crippen LogP contribution >= 0.6 is 0 Å². The summed E-state index contributed by atoms with van der Waals surface area (Å²) in [5, 5.41) is 2.56. The Morgan fingerprint density at radius 2 is 1.88 bits per heavy atom. The molecule has 0 aliphatic heterocycles. The van der Waals surface area contributed by atoms with Gasteiger partial charge >= 0.3 is 0 Å². The third kappa shape index (κ3) is 4.92. The second-order valence-corrected chi connectivity index (χ2v) is 7.83. The first-order chi connectivity index (χ1) is 11.3. The summed E-state index contributed by atoms with van der Waals surface area (Å²) >= 11 is 0. The van der Waals surface area contributed by atoms with E-state index >= 15 is 0 Å². The number of sulfone groups is 1. The monoisotopic (exact) mass is 350 g/mol. The molecule has 2 rings (SSSR count). The summed E-state index contributed by atoms with van der Waals surface area (Å²) < 4.78 is 29.9. The zero-order valence-electron chi connectivity index (χ0n) is 14.1. The topological polar surface area (TPSA) is 89.3 Å². The van der Waals surface area contributed by atoms with E-state index in [2.05, 4.69) is 10.3 Å². The third-order valence-electron chi connectivity index (χ3n) is 3.47. The molecule has 0 unspecified atom stereocenters. The van der Waals surface area contributed by atoms with Gasteiger partial charge in [0.05, 0.1) is 11.4 Å². The first kappa shape index (κ1) is 18.2. The lowest BCUT2D eigenvalue weighted by molar-refractivity contribution is -0.118. The van der Waals surface area contributed by atoms with Crippen LogP contribution in [0.3, 0.4) is 0 Å². The molecule has 0 spiro atoms. The van der Waals surface area contributed by atoms with Crippen molar-refractivity contribution >= 4 is 15.7 Å². The zero-order chi connectivity index (χ0) is 17.7. The summed E-state index contributed by atoms with van der Waals surface area (Å²) in [6.45, 7) is 6.02. The lowest BCUT2D eigenvalue weighted by Gasteiger charge is -2.04. The third-order valence-corrected chi connectivity index (χ3v) is 4.89. The molecule has 1 heterocycles. The van der Waals surface area contributed by atoms with Gasteiger partial charge in [-0.3, -0.25) is 4.79 Å². The second kappa shape index (κ2) is 7.61. The van der Waals surface area contributed by atoms with E-state index in [0.29, 0.717) is 23.9 Å². The van der Waals surface area contributed by atoms with Crippen LogP contribution in [0.5, 0.6) is 0 Å². The van der Waals surface area contributed by atoms with E-state index in [1.165, 1.54) is 0 Å². The summed E-state index contributed by atoms with van der Waals surface area (Å²) in [7, 11) is -3.60. The van der Waals surface area contributed by atoms with Gasteiger partial charge in [-0.2, -0.15) is 0 Å². The van der Waals surface area contributed by atoms with E-state index in [-0.39, 0.29) is 5.75 Å². The van der Waals surface area contributed by atoms with Crippen molar-refractivity contribution in [2.45, 2.75) is 32.9 Å². The molecule has 7 heteroatoms. The first-order valence-electron chi connectivity index (χ1n) is 7.81. The number of amides is 1. The van der Waals surface area contributed by atoms with E-state index < -0.39 is 21.5 Å². The van der Waals surface area contributed by atoms with Crippen LogP contribution in [-0.4, -0.2) is 31.6 Å². The fraction of sp³-hybridized carbons (Fsp3) is 0.412. The van der Waals surface area contributed by atoms with Gasteiger partial charge in [0.25, 0.3) is 0 Å². The Hall–Kier alpha value is -2.15. The van der Waals surface area contributed by atoms with Crippen LogP contribution in [0.4, 0.5) is 0 Å². The Morgan fingerprint density at radius 1 is 1.21 bits per heavy atom. The Bertz CT molecular complexity index is 808. The van der Waals surface area contributed by atoms with Gasteiger partial charge in [-0.15, -0.1) is 0 Å². The summed E-state index contributed by atoms with van der Waals surface area (Å²) in [4.78, 5) is 15.9. The van der Waals surface area contributed by atoms with Crippen LogP contribution in [-0.2, 0) is 20.4 Å². The molecule has 0 bridgehead atoms. The Labute approximate surface area is 142 Å². The number of aryl methyl sites for hydroxylation is 2. The minimum atomic E-state index is -3.60. The average molecular weight is 350 g/mol. The molecular weight excluding hydrogens is 328 g/mol. The molecular formula is C17H22N2O4S. The number of rotatable bonds is 7. The van der Waals surface area contributed by atoms with Crippen molar-refractivity contribution in [1.29, 1.82) is 0 Å². The molecule has 130 valence electrons. The maximum absolute atomic E-state index is 12.2. The molecule has 0 aliphatic carbocycles. The molecule has 0 saturated heterocycles. The Balaban J connectivity index is 2.12. The maximum Gasteiger partial charge on any atom is 0.235 e. The predicted molar refractivity (Wildman–Crippen MR) is 92.2 cm³/mol. The summed E-state index contributed by atoms with van der Waals surface area (Å²) in [6.07, 6.45) is 0.758.